The van der Waals surface area contributed by atoms with E-state index in [-0.39, 0.29) is 30.6 Å². The van der Waals surface area contributed by atoms with Crippen LogP contribution in [0.4, 0.5) is 0 Å². The molecule has 142 valence electrons. The van der Waals surface area contributed by atoms with Gasteiger partial charge in [0.1, 0.15) is 16.3 Å². The summed E-state index contributed by atoms with van der Waals surface area (Å²) >= 11 is 1.05. The van der Waals surface area contributed by atoms with Gasteiger partial charge in [-0.25, -0.2) is 9.59 Å². The Hall–Kier alpha value is -2.71. The van der Waals surface area contributed by atoms with Gasteiger partial charge in [-0.2, -0.15) is 0 Å². The van der Waals surface area contributed by atoms with E-state index >= 15 is 0 Å². The molecule has 0 aliphatic heterocycles. The molecule has 0 fully saturated rings. The molecular formula is C19H20N2O5S. The second-order valence-electron chi connectivity index (χ2n) is 6.44. The number of rotatable bonds is 6. The highest BCUT2D eigenvalue weighted by Crippen LogP contribution is 2.23. The van der Waals surface area contributed by atoms with Gasteiger partial charge in [-0.05, 0) is 17.5 Å². The quantitative estimate of drug-likeness (QED) is 0.650. The van der Waals surface area contributed by atoms with Crippen molar-refractivity contribution in [1.82, 2.24) is 9.13 Å². The number of aliphatic hydroxyl groups excluding tert-OH is 1. The van der Waals surface area contributed by atoms with E-state index in [4.69, 9.17) is 4.74 Å². The maximum atomic E-state index is 12.7. The molecular weight excluding hydrogens is 368 g/mol. The van der Waals surface area contributed by atoms with Gasteiger partial charge in [0.15, 0.2) is 0 Å². The Bertz CT molecular complexity index is 1080. The van der Waals surface area contributed by atoms with Crippen molar-refractivity contribution < 1.29 is 14.6 Å². The van der Waals surface area contributed by atoms with E-state index in [9.17, 15) is 19.5 Å². The van der Waals surface area contributed by atoms with Gasteiger partial charge >= 0.3 is 11.7 Å². The van der Waals surface area contributed by atoms with Crippen LogP contribution in [0.15, 0.2) is 46.0 Å². The number of aromatic nitrogens is 2. The van der Waals surface area contributed by atoms with Crippen molar-refractivity contribution in [1.29, 1.82) is 0 Å². The van der Waals surface area contributed by atoms with Crippen LogP contribution in [0.3, 0.4) is 0 Å². The molecule has 0 saturated heterocycles. The summed E-state index contributed by atoms with van der Waals surface area (Å²) in [5.41, 5.74) is -0.0784. The van der Waals surface area contributed by atoms with Crippen LogP contribution in [-0.2, 0) is 24.9 Å². The summed E-state index contributed by atoms with van der Waals surface area (Å²) in [7, 11) is 1.56. The zero-order valence-electron chi connectivity index (χ0n) is 15.0. The standard InChI is InChI=1S/C19H20N2O5S/c1-12(10-22)9-21-16(23)14-8-15(27-17(14)20(2)19(21)25)18(24)26-11-13-6-4-3-5-7-13/h3-8,12,22H,9-11H2,1-2H3. The third-order valence-corrected chi connectivity index (χ3v) is 5.42. The molecule has 0 amide bonds. The number of esters is 1. The van der Waals surface area contributed by atoms with Crippen molar-refractivity contribution in [2.24, 2.45) is 13.0 Å². The Balaban J connectivity index is 1.93. The molecule has 1 aromatic carbocycles. The Labute approximate surface area is 159 Å². The molecule has 0 saturated carbocycles. The number of aryl methyl sites for hydroxylation is 1. The van der Waals surface area contributed by atoms with Gasteiger partial charge in [-0.15, -0.1) is 11.3 Å². The fourth-order valence-corrected chi connectivity index (χ4v) is 3.71. The van der Waals surface area contributed by atoms with Crippen molar-refractivity contribution in [3.05, 3.63) is 67.7 Å². The van der Waals surface area contributed by atoms with E-state index in [2.05, 4.69) is 0 Å². The Kier molecular flexibility index (Phi) is 5.57. The zero-order chi connectivity index (χ0) is 19.6. The summed E-state index contributed by atoms with van der Waals surface area (Å²) in [6.45, 7) is 1.86. The van der Waals surface area contributed by atoms with Crippen LogP contribution >= 0.6 is 11.3 Å². The number of aliphatic hydroxyl groups is 1. The lowest BCUT2D eigenvalue weighted by atomic mass is 10.2. The van der Waals surface area contributed by atoms with E-state index in [1.165, 1.54) is 10.6 Å². The number of hydrogen-bond acceptors (Lipinski definition) is 6. The first-order chi connectivity index (χ1) is 12.9. The van der Waals surface area contributed by atoms with E-state index in [0.717, 1.165) is 21.5 Å². The van der Waals surface area contributed by atoms with Crippen molar-refractivity contribution in [2.75, 3.05) is 6.61 Å². The van der Waals surface area contributed by atoms with Gasteiger partial charge in [0.2, 0.25) is 0 Å². The minimum absolute atomic E-state index is 0.113. The van der Waals surface area contributed by atoms with Crippen LogP contribution in [0.25, 0.3) is 10.2 Å². The SMILES string of the molecule is CC(CO)Cn1c(=O)c2cc(C(=O)OCc3ccccc3)sc2n(C)c1=O. The summed E-state index contributed by atoms with van der Waals surface area (Å²) in [6.07, 6.45) is 0. The number of benzene rings is 1. The van der Waals surface area contributed by atoms with Crippen LogP contribution in [-0.4, -0.2) is 26.8 Å². The van der Waals surface area contributed by atoms with Gasteiger partial charge in [0, 0.05) is 20.2 Å². The first-order valence-corrected chi connectivity index (χ1v) is 9.29. The van der Waals surface area contributed by atoms with Gasteiger partial charge in [-0.1, -0.05) is 37.3 Å². The number of thiophene rings is 1. The minimum Gasteiger partial charge on any atom is -0.457 e. The number of carbonyl (C=O) groups excluding carboxylic acids is 1. The van der Waals surface area contributed by atoms with Gasteiger partial charge < -0.3 is 9.84 Å². The molecule has 7 nitrogen and oxygen atoms in total. The number of fused-ring (bicyclic) bond motifs is 1. The average molecular weight is 388 g/mol. The minimum atomic E-state index is -0.540. The monoisotopic (exact) mass is 388 g/mol. The fourth-order valence-electron chi connectivity index (χ4n) is 2.71. The van der Waals surface area contributed by atoms with Crippen molar-refractivity contribution >= 4 is 27.5 Å². The van der Waals surface area contributed by atoms with Crippen LogP contribution in [0.5, 0.6) is 0 Å². The molecule has 0 spiro atoms. The van der Waals surface area contributed by atoms with Crippen LogP contribution in [0.1, 0.15) is 22.2 Å². The molecule has 2 heterocycles. The summed E-state index contributed by atoms with van der Waals surface area (Å²) in [5, 5.41) is 9.50. The average Bonchev–Trinajstić information content (AvgIpc) is 3.14. The van der Waals surface area contributed by atoms with E-state index < -0.39 is 17.2 Å². The van der Waals surface area contributed by atoms with Crippen molar-refractivity contribution in [3.8, 4) is 0 Å². The molecule has 1 atom stereocenters. The van der Waals surface area contributed by atoms with Gasteiger partial charge in [0.05, 0.1) is 5.39 Å². The van der Waals surface area contributed by atoms with Gasteiger partial charge in [-0.3, -0.25) is 13.9 Å². The molecule has 0 radical (unpaired) electrons. The predicted octanol–water partition coefficient (Wildman–Crippen LogP) is 1.75. The zero-order valence-corrected chi connectivity index (χ0v) is 15.9. The maximum absolute atomic E-state index is 12.7. The molecule has 3 aromatic rings. The van der Waals surface area contributed by atoms with Crippen LogP contribution in [0, 0.1) is 5.92 Å². The van der Waals surface area contributed by atoms with Crippen molar-refractivity contribution in [2.45, 2.75) is 20.1 Å². The highest BCUT2D eigenvalue weighted by molar-refractivity contribution is 7.20. The number of nitrogens with zero attached hydrogens (tertiary/aromatic N) is 2. The van der Waals surface area contributed by atoms with Crippen LogP contribution in [0.2, 0.25) is 0 Å². The number of hydrogen-bond donors (Lipinski definition) is 1. The third kappa shape index (κ3) is 3.86. The van der Waals surface area contributed by atoms with E-state index in [0.29, 0.717) is 10.2 Å². The molecule has 1 unspecified atom stereocenters. The molecule has 3 rings (SSSR count). The van der Waals surface area contributed by atoms with Crippen molar-refractivity contribution in [3.63, 3.8) is 0 Å². The molecule has 2 aromatic heterocycles. The molecule has 0 aliphatic rings. The Morgan fingerprint density at radius 2 is 1.96 bits per heavy atom. The normalized spacial score (nSPS) is 12.3. The second kappa shape index (κ2) is 7.89. The van der Waals surface area contributed by atoms with E-state index in [1.807, 2.05) is 30.3 Å². The highest BCUT2D eigenvalue weighted by Gasteiger charge is 2.19. The number of carbonyl (C=O) groups is 1. The lowest BCUT2D eigenvalue weighted by Crippen LogP contribution is -2.40. The first kappa shape index (κ1) is 19.1. The van der Waals surface area contributed by atoms with E-state index in [1.54, 1.807) is 14.0 Å². The largest absolute Gasteiger partial charge is 0.457 e. The highest BCUT2D eigenvalue weighted by atomic mass is 32.1. The summed E-state index contributed by atoms with van der Waals surface area (Å²) in [6, 6.07) is 10.8. The summed E-state index contributed by atoms with van der Waals surface area (Å²) in [5.74, 6) is -0.774. The Morgan fingerprint density at radius 1 is 1.26 bits per heavy atom. The topological polar surface area (TPSA) is 90.5 Å². The van der Waals surface area contributed by atoms with Gasteiger partial charge in [0.25, 0.3) is 5.56 Å². The summed E-state index contributed by atoms with van der Waals surface area (Å²) in [4.78, 5) is 38.2. The molecule has 8 heteroatoms. The fraction of sp³-hybridized carbons (Fsp3) is 0.316. The predicted molar refractivity (Wildman–Crippen MR) is 103 cm³/mol. The second-order valence-corrected chi connectivity index (χ2v) is 7.47. The lowest BCUT2D eigenvalue weighted by molar-refractivity contribution is 0.0478. The number of ether oxygens (including phenoxy) is 1. The molecule has 27 heavy (non-hydrogen) atoms. The molecule has 1 N–H and O–H groups in total. The third-order valence-electron chi connectivity index (χ3n) is 4.23. The maximum Gasteiger partial charge on any atom is 0.348 e. The molecule has 0 aliphatic carbocycles. The smallest absolute Gasteiger partial charge is 0.348 e. The summed E-state index contributed by atoms with van der Waals surface area (Å²) < 4.78 is 7.75. The van der Waals surface area contributed by atoms with Crippen LogP contribution < -0.4 is 11.2 Å². The lowest BCUT2D eigenvalue weighted by Gasteiger charge is -2.11. The molecule has 0 bridgehead atoms. The first-order valence-electron chi connectivity index (χ1n) is 8.47. The Morgan fingerprint density at radius 3 is 2.63 bits per heavy atom.